The zero-order chi connectivity index (χ0) is 14.1. The van der Waals surface area contributed by atoms with E-state index < -0.39 is 0 Å². The molecule has 0 amide bonds. The van der Waals surface area contributed by atoms with Gasteiger partial charge in [0.05, 0.1) is 6.04 Å². The summed E-state index contributed by atoms with van der Waals surface area (Å²) in [6, 6.07) is 8.38. The molecule has 0 aliphatic heterocycles. The first-order valence-corrected chi connectivity index (χ1v) is 6.88. The summed E-state index contributed by atoms with van der Waals surface area (Å²) in [5.41, 5.74) is 3.93. The first-order chi connectivity index (χ1) is 9.63. The molecule has 1 aliphatic carbocycles. The molecule has 0 radical (unpaired) electrons. The number of aromatic nitrogens is 1. The van der Waals surface area contributed by atoms with Crippen molar-refractivity contribution in [2.24, 2.45) is 0 Å². The van der Waals surface area contributed by atoms with Gasteiger partial charge in [-0.2, -0.15) is 0 Å². The van der Waals surface area contributed by atoms with E-state index in [9.17, 15) is 9.18 Å². The smallest absolute Gasteiger partial charge is 0.248 e. The molecule has 1 aromatic heterocycles. The zero-order valence-electron chi connectivity index (χ0n) is 11.4. The van der Waals surface area contributed by atoms with Crippen LogP contribution in [0.3, 0.4) is 0 Å². The van der Waals surface area contributed by atoms with Crippen LogP contribution in [0, 0.1) is 12.7 Å². The third kappa shape index (κ3) is 2.46. The fourth-order valence-corrected chi connectivity index (χ4v) is 2.83. The van der Waals surface area contributed by atoms with Gasteiger partial charge in [0, 0.05) is 17.4 Å². The number of hydrogen-bond donors (Lipinski definition) is 2. The Morgan fingerprint density at radius 1 is 1.30 bits per heavy atom. The molecule has 1 unspecified atom stereocenters. The maximum atomic E-state index is 13.1. The van der Waals surface area contributed by atoms with Gasteiger partial charge < -0.3 is 10.3 Å². The van der Waals surface area contributed by atoms with E-state index in [1.54, 1.807) is 12.1 Å². The Morgan fingerprint density at radius 2 is 2.15 bits per heavy atom. The van der Waals surface area contributed by atoms with Crippen LogP contribution in [-0.2, 0) is 6.42 Å². The average Bonchev–Trinajstić information content (AvgIpc) is 2.41. The molecule has 1 aliphatic rings. The van der Waals surface area contributed by atoms with Gasteiger partial charge in [-0.1, -0.05) is 0 Å². The van der Waals surface area contributed by atoms with Crippen molar-refractivity contribution < 1.29 is 4.39 Å². The highest BCUT2D eigenvalue weighted by Crippen LogP contribution is 2.31. The van der Waals surface area contributed by atoms with E-state index in [1.165, 1.54) is 12.1 Å². The first kappa shape index (κ1) is 12.9. The molecule has 104 valence electrons. The van der Waals surface area contributed by atoms with Gasteiger partial charge in [-0.3, -0.25) is 4.79 Å². The Kier molecular flexibility index (Phi) is 3.30. The number of hydrogen-bond acceptors (Lipinski definition) is 2. The number of fused-ring (bicyclic) bond motifs is 1. The number of aryl methyl sites for hydroxylation is 2. The van der Waals surface area contributed by atoms with Crippen LogP contribution in [0.2, 0.25) is 0 Å². The molecule has 3 nitrogen and oxygen atoms in total. The van der Waals surface area contributed by atoms with Crippen LogP contribution in [0.4, 0.5) is 10.1 Å². The Morgan fingerprint density at radius 3 is 2.95 bits per heavy atom. The Hall–Kier alpha value is -2.10. The lowest BCUT2D eigenvalue weighted by Gasteiger charge is -2.27. The van der Waals surface area contributed by atoms with Crippen molar-refractivity contribution in [2.45, 2.75) is 32.2 Å². The molecule has 0 spiro atoms. The van der Waals surface area contributed by atoms with E-state index in [1.807, 2.05) is 13.0 Å². The van der Waals surface area contributed by atoms with Crippen molar-refractivity contribution in [2.75, 3.05) is 5.32 Å². The molecule has 0 fully saturated rings. The number of anilines is 1. The Bertz CT molecular complexity index is 693. The quantitative estimate of drug-likeness (QED) is 0.881. The fourth-order valence-electron chi connectivity index (χ4n) is 2.83. The van der Waals surface area contributed by atoms with Crippen molar-refractivity contribution in [3.8, 4) is 0 Å². The summed E-state index contributed by atoms with van der Waals surface area (Å²) in [6.45, 7) is 1.89. The van der Waals surface area contributed by atoms with E-state index >= 15 is 0 Å². The van der Waals surface area contributed by atoms with Crippen LogP contribution in [0.25, 0.3) is 0 Å². The van der Waals surface area contributed by atoms with Crippen LogP contribution in [0.15, 0.2) is 35.1 Å². The highest BCUT2D eigenvalue weighted by molar-refractivity contribution is 5.52. The van der Waals surface area contributed by atoms with E-state index in [0.717, 1.165) is 41.8 Å². The van der Waals surface area contributed by atoms with Crippen molar-refractivity contribution in [1.82, 2.24) is 4.98 Å². The minimum atomic E-state index is -0.221. The predicted octanol–water partition coefficient (Wildman–Crippen LogP) is 3.31. The van der Waals surface area contributed by atoms with Crippen molar-refractivity contribution >= 4 is 5.69 Å². The zero-order valence-corrected chi connectivity index (χ0v) is 11.4. The second kappa shape index (κ2) is 5.12. The maximum absolute atomic E-state index is 13.1. The highest BCUT2D eigenvalue weighted by Gasteiger charge is 2.21. The van der Waals surface area contributed by atoms with Crippen LogP contribution in [-0.4, -0.2) is 4.98 Å². The number of aromatic amines is 1. The minimum absolute atomic E-state index is 0.0534. The normalized spacial score (nSPS) is 17.6. The predicted molar refractivity (Wildman–Crippen MR) is 77.5 cm³/mol. The van der Waals surface area contributed by atoms with Gasteiger partial charge in [-0.05, 0) is 61.6 Å². The minimum Gasteiger partial charge on any atom is -0.378 e. The lowest BCUT2D eigenvalue weighted by molar-refractivity contribution is 0.586. The summed E-state index contributed by atoms with van der Waals surface area (Å²) in [7, 11) is 0. The van der Waals surface area contributed by atoms with E-state index in [4.69, 9.17) is 0 Å². The number of pyridine rings is 1. The summed E-state index contributed by atoms with van der Waals surface area (Å²) in [6.07, 6.45) is 2.95. The fraction of sp³-hybridized carbons (Fsp3) is 0.312. The molecule has 2 aromatic rings. The summed E-state index contributed by atoms with van der Waals surface area (Å²) >= 11 is 0. The summed E-state index contributed by atoms with van der Waals surface area (Å²) in [4.78, 5) is 14.3. The van der Waals surface area contributed by atoms with Gasteiger partial charge in [0.1, 0.15) is 5.82 Å². The second-order valence-electron chi connectivity index (χ2n) is 5.30. The van der Waals surface area contributed by atoms with Crippen LogP contribution in [0.5, 0.6) is 0 Å². The van der Waals surface area contributed by atoms with Gasteiger partial charge in [0.15, 0.2) is 0 Å². The molecular weight excluding hydrogens is 255 g/mol. The molecule has 4 heteroatoms. The SMILES string of the molecule is Cc1cc(F)ccc1NC1CCCc2[nH]c(=O)ccc21. The van der Waals surface area contributed by atoms with E-state index in [2.05, 4.69) is 10.3 Å². The topological polar surface area (TPSA) is 44.9 Å². The average molecular weight is 272 g/mol. The monoisotopic (exact) mass is 272 g/mol. The Balaban J connectivity index is 1.91. The van der Waals surface area contributed by atoms with Crippen molar-refractivity contribution in [3.05, 3.63) is 63.3 Å². The van der Waals surface area contributed by atoms with E-state index in [0.29, 0.717) is 0 Å². The number of halogens is 1. The van der Waals surface area contributed by atoms with Gasteiger partial charge in [-0.15, -0.1) is 0 Å². The van der Waals surface area contributed by atoms with Gasteiger partial charge in [0.25, 0.3) is 0 Å². The second-order valence-corrected chi connectivity index (χ2v) is 5.30. The van der Waals surface area contributed by atoms with Crippen LogP contribution in [0.1, 0.15) is 35.7 Å². The number of nitrogens with one attached hydrogen (secondary N) is 2. The number of benzene rings is 1. The standard InChI is InChI=1S/C16H17FN2O/c1-10-9-11(17)5-7-13(10)18-14-3-2-4-15-12(14)6-8-16(20)19-15/h5-9,14,18H,2-4H2,1H3,(H,19,20). The molecule has 0 saturated heterocycles. The summed E-state index contributed by atoms with van der Waals surface area (Å²) in [5, 5.41) is 3.46. The number of H-pyrrole nitrogens is 1. The lowest BCUT2D eigenvalue weighted by atomic mass is 9.91. The molecule has 3 rings (SSSR count). The maximum Gasteiger partial charge on any atom is 0.248 e. The van der Waals surface area contributed by atoms with Crippen molar-refractivity contribution in [3.63, 3.8) is 0 Å². The van der Waals surface area contributed by atoms with Crippen LogP contribution < -0.4 is 10.9 Å². The molecule has 1 aromatic carbocycles. The first-order valence-electron chi connectivity index (χ1n) is 6.88. The van der Waals surface area contributed by atoms with Crippen molar-refractivity contribution in [1.29, 1.82) is 0 Å². The Labute approximate surface area is 116 Å². The molecule has 2 N–H and O–H groups in total. The summed E-state index contributed by atoms with van der Waals surface area (Å²) < 4.78 is 13.1. The number of rotatable bonds is 2. The molecular formula is C16H17FN2O. The third-order valence-electron chi connectivity index (χ3n) is 3.85. The largest absolute Gasteiger partial charge is 0.378 e. The van der Waals surface area contributed by atoms with Gasteiger partial charge in [-0.25, -0.2) is 4.39 Å². The van der Waals surface area contributed by atoms with Gasteiger partial charge in [0.2, 0.25) is 5.56 Å². The highest BCUT2D eigenvalue weighted by atomic mass is 19.1. The van der Waals surface area contributed by atoms with Gasteiger partial charge >= 0.3 is 0 Å². The molecule has 0 bridgehead atoms. The summed E-state index contributed by atoms with van der Waals surface area (Å²) in [5.74, 6) is -0.221. The molecule has 1 heterocycles. The third-order valence-corrected chi connectivity index (χ3v) is 3.85. The van der Waals surface area contributed by atoms with E-state index in [-0.39, 0.29) is 17.4 Å². The van der Waals surface area contributed by atoms with Crippen LogP contribution >= 0.6 is 0 Å². The molecule has 1 atom stereocenters. The molecule has 20 heavy (non-hydrogen) atoms. The molecule has 0 saturated carbocycles. The lowest BCUT2D eigenvalue weighted by Crippen LogP contribution is -2.21.